The van der Waals surface area contributed by atoms with Gasteiger partial charge in [-0.15, -0.1) is 0 Å². The van der Waals surface area contributed by atoms with E-state index < -0.39 is 0 Å². The Bertz CT molecular complexity index is 682. The van der Waals surface area contributed by atoms with Crippen molar-refractivity contribution < 1.29 is 5.11 Å². The molecule has 0 saturated heterocycles. The average Bonchev–Trinajstić information content (AvgIpc) is 2.99. The lowest BCUT2D eigenvalue weighted by atomic mass is 9.50. The van der Waals surface area contributed by atoms with Crippen LogP contribution in [0.3, 0.4) is 0 Å². The summed E-state index contributed by atoms with van der Waals surface area (Å²) in [5.74, 6) is 3.78. The van der Waals surface area contributed by atoms with Crippen molar-refractivity contribution in [1.29, 1.82) is 0 Å². The maximum absolute atomic E-state index is 10.2. The summed E-state index contributed by atoms with van der Waals surface area (Å²) in [7, 11) is 0. The zero-order chi connectivity index (χ0) is 20.1. The normalized spacial score (nSPS) is 44.0. The Morgan fingerprint density at radius 2 is 1.82 bits per heavy atom. The summed E-state index contributed by atoms with van der Waals surface area (Å²) in [4.78, 5) is 0. The van der Waals surface area contributed by atoms with Crippen LogP contribution in [0.25, 0.3) is 0 Å². The van der Waals surface area contributed by atoms with Crippen LogP contribution in [-0.4, -0.2) is 11.2 Å². The second-order valence-corrected chi connectivity index (χ2v) is 11.4. The summed E-state index contributed by atoms with van der Waals surface area (Å²) in [6.45, 7) is 12.2. The van der Waals surface area contributed by atoms with Gasteiger partial charge in [-0.05, 0) is 91.8 Å². The average molecular weight is 383 g/mol. The van der Waals surface area contributed by atoms with Crippen molar-refractivity contribution in [2.24, 2.45) is 40.4 Å². The molecule has 0 unspecified atom stereocenters. The van der Waals surface area contributed by atoms with Crippen LogP contribution in [0.1, 0.15) is 86.0 Å². The molecule has 28 heavy (non-hydrogen) atoms. The molecule has 1 N–H and O–H groups in total. The molecule has 1 nitrogen and oxygen atoms in total. The van der Waals surface area contributed by atoms with Gasteiger partial charge in [-0.2, -0.15) is 0 Å². The molecule has 0 aromatic carbocycles. The summed E-state index contributed by atoms with van der Waals surface area (Å²) in [5.41, 5.74) is 4.09. The molecule has 3 fully saturated rings. The third-order valence-corrected chi connectivity index (χ3v) is 9.30. The maximum Gasteiger partial charge on any atom is 0.0578 e. The molecule has 0 bridgehead atoms. The first-order valence-electron chi connectivity index (χ1n) is 12.0. The maximum atomic E-state index is 10.2. The lowest BCUT2D eigenvalue weighted by Gasteiger charge is -2.55. The van der Waals surface area contributed by atoms with E-state index in [4.69, 9.17) is 0 Å². The van der Waals surface area contributed by atoms with Gasteiger partial charge < -0.3 is 5.11 Å². The highest BCUT2D eigenvalue weighted by atomic mass is 16.3. The molecule has 4 aliphatic carbocycles. The van der Waals surface area contributed by atoms with Gasteiger partial charge in [0.05, 0.1) is 6.10 Å². The number of rotatable bonds is 4. The minimum Gasteiger partial charge on any atom is -0.393 e. The Morgan fingerprint density at radius 3 is 2.57 bits per heavy atom. The lowest BCUT2D eigenvalue weighted by Crippen LogP contribution is -2.46. The highest BCUT2D eigenvalue weighted by Crippen LogP contribution is 2.65. The fraction of sp³-hybridized carbons (Fsp3) is 0.778. The van der Waals surface area contributed by atoms with Gasteiger partial charge in [0.25, 0.3) is 0 Å². The largest absolute Gasteiger partial charge is 0.393 e. The highest BCUT2D eigenvalue weighted by molar-refractivity contribution is 5.39. The first-order chi connectivity index (χ1) is 13.3. The third kappa shape index (κ3) is 3.26. The Balaban J connectivity index is 1.57. The zero-order valence-corrected chi connectivity index (χ0v) is 18.9. The van der Waals surface area contributed by atoms with E-state index in [0.29, 0.717) is 16.7 Å². The van der Waals surface area contributed by atoms with Gasteiger partial charge in [-0.1, -0.05) is 70.1 Å². The smallest absolute Gasteiger partial charge is 0.0578 e. The summed E-state index contributed by atoms with van der Waals surface area (Å²) in [6.07, 6.45) is 19.6. The zero-order valence-electron chi connectivity index (χ0n) is 18.9. The molecule has 4 rings (SSSR count). The molecule has 0 heterocycles. The third-order valence-electron chi connectivity index (χ3n) is 9.30. The van der Waals surface area contributed by atoms with Crippen molar-refractivity contribution in [3.05, 3.63) is 35.5 Å². The van der Waals surface area contributed by atoms with Crippen molar-refractivity contribution in [2.45, 2.75) is 92.1 Å². The van der Waals surface area contributed by atoms with Gasteiger partial charge in [-0.25, -0.2) is 0 Å². The van der Waals surface area contributed by atoms with E-state index in [1.807, 2.05) is 0 Å². The van der Waals surface area contributed by atoms with Gasteiger partial charge in [-0.3, -0.25) is 0 Å². The van der Waals surface area contributed by atoms with Crippen LogP contribution in [0.5, 0.6) is 0 Å². The molecule has 0 radical (unpaired) electrons. The Hall–Kier alpha value is -0.820. The van der Waals surface area contributed by atoms with E-state index in [-0.39, 0.29) is 6.10 Å². The Labute approximate surface area is 173 Å². The monoisotopic (exact) mass is 382 g/mol. The lowest BCUT2D eigenvalue weighted by molar-refractivity contribution is 0.0383. The Morgan fingerprint density at radius 1 is 1.04 bits per heavy atom. The fourth-order valence-electron chi connectivity index (χ4n) is 7.59. The van der Waals surface area contributed by atoms with Crippen LogP contribution in [0.2, 0.25) is 0 Å². The van der Waals surface area contributed by atoms with Gasteiger partial charge in [0.1, 0.15) is 0 Å². The molecule has 156 valence electrons. The van der Waals surface area contributed by atoms with Gasteiger partial charge in [0, 0.05) is 0 Å². The van der Waals surface area contributed by atoms with Crippen LogP contribution in [-0.2, 0) is 0 Å². The van der Waals surface area contributed by atoms with Gasteiger partial charge >= 0.3 is 0 Å². The number of fused-ring (bicyclic) bond motifs is 5. The van der Waals surface area contributed by atoms with Crippen LogP contribution >= 0.6 is 0 Å². The Kier molecular flexibility index (Phi) is 5.45. The van der Waals surface area contributed by atoms with E-state index in [0.717, 1.165) is 36.5 Å². The molecule has 0 amide bonds. The quantitative estimate of drug-likeness (QED) is 0.515. The molecular formula is C27H42O. The van der Waals surface area contributed by atoms with Crippen LogP contribution in [0, 0.1) is 40.4 Å². The molecule has 4 aliphatic rings. The van der Waals surface area contributed by atoms with Crippen molar-refractivity contribution in [1.82, 2.24) is 0 Å². The predicted octanol–water partition coefficient (Wildman–Crippen LogP) is 7.08. The number of aliphatic hydroxyl groups is 1. The summed E-state index contributed by atoms with van der Waals surface area (Å²) in [5, 5.41) is 10.2. The van der Waals surface area contributed by atoms with Crippen LogP contribution in [0.15, 0.2) is 35.5 Å². The number of aliphatic hydroxyl groups excluding tert-OH is 1. The fourth-order valence-corrected chi connectivity index (χ4v) is 7.59. The van der Waals surface area contributed by atoms with Crippen LogP contribution < -0.4 is 0 Å². The highest BCUT2D eigenvalue weighted by Gasteiger charge is 2.56. The number of hydrogen-bond acceptors (Lipinski definition) is 1. The van der Waals surface area contributed by atoms with Crippen molar-refractivity contribution >= 4 is 0 Å². The molecule has 7 atom stereocenters. The molecule has 1 heteroatoms. The topological polar surface area (TPSA) is 20.2 Å². The van der Waals surface area contributed by atoms with Crippen molar-refractivity contribution in [3.63, 3.8) is 0 Å². The van der Waals surface area contributed by atoms with Gasteiger partial charge in [0.2, 0.25) is 0 Å². The number of hydrogen-bond donors (Lipinski definition) is 1. The van der Waals surface area contributed by atoms with Crippen molar-refractivity contribution in [3.8, 4) is 0 Å². The first kappa shape index (κ1) is 20.5. The molecule has 0 aromatic rings. The standard InChI is InChI=1S/C27H42O/c1-18(2)7-6-8-19(3)23-11-12-24-22-10-9-20-17-21(28)13-15-26(20,4)25(22)14-16-27(23,24)5/h6,8-10,18-19,21,23-25,28H,7,11-17H2,1-5H3/b8-6+/t19-,21+,23-,24-,25-,26+,27-/m1/s1. The molecular weight excluding hydrogens is 340 g/mol. The summed E-state index contributed by atoms with van der Waals surface area (Å²) < 4.78 is 0. The van der Waals surface area contributed by atoms with Crippen molar-refractivity contribution in [2.75, 3.05) is 0 Å². The SMILES string of the molecule is CC(C)C/C=C/[C@@H](C)[C@H]1CC[C@@H]2C3=CC=C4C[C@@H](O)CC[C@]4(C)[C@@H]3CC[C@@]21C. The molecule has 0 spiro atoms. The van der Waals surface area contributed by atoms with E-state index >= 15 is 0 Å². The number of allylic oxidation sites excluding steroid dienone is 5. The van der Waals surface area contributed by atoms with E-state index in [9.17, 15) is 5.11 Å². The molecule has 0 aromatic heterocycles. The van der Waals surface area contributed by atoms with E-state index in [2.05, 4.69) is 58.9 Å². The summed E-state index contributed by atoms with van der Waals surface area (Å²) in [6, 6.07) is 0. The van der Waals surface area contributed by atoms with Gasteiger partial charge in [0.15, 0.2) is 0 Å². The molecule has 3 saturated carbocycles. The summed E-state index contributed by atoms with van der Waals surface area (Å²) >= 11 is 0. The second kappa shape index (κ2) is 7.46. The second-order valence-electron chi connectivity index (χ2n) is 11.4. The van der Waals surface area contributed by atoms with Crippen LogP contribution in [0.4, 0.5) is 0 Å². The minimum atomic E-state index is -0.113. The van der Waals surface area contributed by atoms with E-state index in [1.54, 1.807) is 5.57 Å². The first-order valence-corrected chi connectivity index (χ1v) is 12.0. The minimum absolute atomic E-state index is 0.113. The predicted molar refractivity (Wildman–Crippen MR) is 119 cm³/mol. The van der Waals surface area contributed by atoms with E-state index in [1.165, 1.54) is 44.1 Å². The molecule has 0 aliphatic heterocycles.